The van der Waals surface area contributed by atoms with Gasteiger partial charge in [0.25, 0.3) is 0 Å². The predicted octanol–water partition coefficient (Wildman–Crippen LogP) is 1.67. The monoisotopic (exact) mass is 389 g/mol. The van der Waals surface area contributed by atoms with E-state index in [1.807, 2.05) is 31.2 Å². The first kappa shape index (κ1) is 18.9. The number of rotatable bonds is 4. The number of ether oxygens (including phenoxy) is 4. The predicted molar refractivity (Wildman–Crippen MR) is 96.4 cm³/mol. The zero-order valence-electron chi connectivity index (χ0n) is 15.6. The van der Waals surface area contributed by atoms with Crippen LogP contribution >= 0.6 is 0 Å². The summed E-state index contributed by atoms with van der Waals surface area (Å²) in [6, 6.07) is 10.1. The van der Waals surface area contributed by atoms with Crippen LogP contribution in [0.25, 0.3) is 0 Å². The highest BCUT2D eigenvalue weighted by Crippen LogP contribution is 2.35. The van der Waals surface area contributed by atoms with Gasteiger partial charge in [-0.3, -0.25) is 4.79 Å². The molecule has 2 fully saturated rings. The minimum atomic E-state index is -1.06. The van der Waals surface area contributed by atoms with Gasteiger partial charge < -0.3 is 33.8 Å². The lowest BCUT2D eigenvalue weighted by Gasteiger charge is -2.47. The SMILES string of the molecule is CC(=O)N[C@H]1[C@@H](Oc2ccccc2C)O[C@H]2CO[C@H](c3ccco3)O[C@@H]2[C@H]1O. The molecule has 2 saturated heterocycles. The van der Waals surface area contributed by atoms with Crippen LogP contribution in [0.5, 0.6) is 5.75 Å². The molecule has 3 heterocycles. The van der Waals surface area contributed by atoms with Gasteiger partial charge in [0, 0.05) is 6.92 Å². The summed E-state index contributed by atoms with van der Waals surface area (Å²) in [5.74, 6) is 0.804. The fourth-order valence-corrected chi connectivity index (χ4v) is 3.46. The maximum absolute atomic E-state index is 11.7. The summed E-state index contributed by atoms with van der Waals surface area (Å²) < 4.78 is 28.9. The molecule has 0 bridgehead atoms. The number of para-hydroxylation sites is 1. The summed E-state index contributed by atoms with van der Waals surface area (Å²) in [7, 11) is 0. The van der Waals surface area contributed by atoms with Gasteiger partial charge in [-0.05, 0) is 30.7 Å². The van der Waals surface area contributed by atoms with Gasteiger partial charge in [-0.25, -0.2) is 0 Å². The van der Waals surface area contributed by atoms with Crippen LogP contribution in [0.3, 0.4) is 0 Å². The zero-order chi connectivity index (χ0) is 19.7. The van der Waals surface area contributed by atoms with Crippen LogP contribution in [0.4, 0.5) is 0 Å². The van der Waals surface area contributed by atoms with E-state index in [0.29, 0.717) is 11.5 Å². The summed E-state index contributed by atoms with van der Waals surface area (Å²) in [5.41, 5.74) is 0.915. The Morgan fingerprint density at radius 3 is 2.75 bits per heavy atom. The summed E-state index contributed by atoms with van der Waals surface area (Å²) in [4.78, 5) is 11.7. The molecule has 2 N–H and O–H groups in total. The van der Waals surface area contributed by atoms with E-state index in [1.165, 1.54) is 13.2 Å². The average molecular weight is 389 g/mol. The number of aliphatic hydroxyl groups is 1. The van der Waals surface area contributed by atoms with Gasteiger partial charge in [-0.1, -0.05) is 18.2 Å². The van der Waals surface area contributed by atoms with Crippen LogP contribution in [0.15, 0.2) is 47.1 Å². The van der Waals surface area contributed by atoms with Crippen LogP contribution < -0.4 is 10.1 Å². The Morgan fingerprint density at radius 2 is 2.04 bits per heavy atom. The molecule has 2 aromatic rings. The van der Waals surface area contributed by atoms with Gasteiger partial charge in [0.05, 0.1) is 12.9 Å². The smallest absolute Gasteiger partial charge is 0.223 e. The Bertz CT molecular complexity index is 809. The number of hydrogen-bond donors (Lipinski definition) is 2. The summed E-state index contributed by atoms with van der Waals surface area (Å²) >= 11 is 0. The Hall–Kier alpha value is -2.39. The quantitative estimate of drug-likeness (QED) is 0.821. The number of carbonyl (C=O) groups is 1. The summed E-state index contributed by atoms with van der Waals surface area (Å²) in [6.45, 7) is 3.47. The maximum Gasteiger partial charge on any atom is 0.223 e. The van der Waals surface area contributed by atoms with E-state index in [1.54, 1.807) is 12.1 Å². The number of furan rings is 1. The minimum absolute atomic E-state index is 0.188. The normalized spacial score (nSPS) is 32.4. The molecule has 1 aromatic heterocycles. The van der Waals surface area contributed by atoms with Crippen LogP contribution in [-0.2, 0) is 19.0 Å². The van der Waals surface area contributed by atoms with Crippen molar-refractivity contribution < 1.29 is 33.3 Å². The lowest BCUT2D eigenvalue weighted by molar-refractivity contribution is -0.336. The van der Waals surface area contributed by atoms with E-state index in [0.717, 1.165) is 5.56 Å². The second kappa shape index (κ2) is 7.92. The first-order chi connectivity index (χ1) is 13.5. The molecule has 2 aliphatic heterocycles. The highest BCUT2D eigenvalue weighted by atomic mass is 16.8. The number of fused-ring (bicyclic) bond motifs is 1. The second-order valence-corrected chi connectivity index (χ2v) is 6.92. The van der Waals surface area contributed by atoms with E-state index in [-0.39, 0.29) is 12.5 Å². The van der Waals surface area contributed by atoms with Gasteiger partial charge in [0.2, 0.25) is 18.5 Å². The van der Waals surface area contributed by atoms with Gasteiger partial charge in [-0.2, -0.15) is 0 Å². The fraction of sp³-hybridized carbons (Fsp3) is 0.450. The molecule has 0 radical (unpaired) electrons. The van der Waals surface area contributed by atoms with Crippen molar-refractivity contribution in [3.05, 3.63) is 54.0 Å². The number of hydrogen-bond acceptors (Lipinski definition) is 7. The Kier molecular flexibility index (Phi) is 5.36. The van der Waals surface area contributed by atoms with E-state index in [2.05, 4.69) is 5.32 Å². The third kappa shape index (κ3) is 3.77. The molecule has 8 nitrogen and oxygen atoms in total. The number of carbonyl (C=O) groups excluding carboxylic acids is 1. The third-order valence-corrected chi connectivity index (χ3v) is 4.85. The second-order valence-electron chi connectivity index (χ2n) is 6.92. The zero-order valence-corrected chi connectivity index (χ0v) is 15.6. The van der Waals surface area contributed by atoms with Crippen molar-refractivity contribution in [3.63, 3.8) is 0 Å². The number of amides is 1. The van der Waals surface area contributed by atoms with Crippen LogP contribution in [0.2, 0.25) is 0 Å². The van der Waals surface area contributed by atoms with Crippen molar-refractivity contribution in [1.29, 1.82) is 0 Å². The Morgan fingerprint density at radius 1 is 1.21 bits per heavy atom. The maximum atomic E-state index is 11.7. The highest BCUT2D eigenvalue weighted by Gasteiger charge is 2.51. The number of nitrogens with one attached hydrogen (secondary N) is 1. The van der Waals surface area contributed by atoms with Crippen LogP contribution in [0, 0.1) is 6.92 Å². The van der Waals surface area contributed by atoms with E-state index in [9.17, 15) is 9.90 Å². The molecule has 0 unspecified atom stereocenters. The van der Waals surface area contributed by atoms with Crippen molar-refractivity contribution in [2.75, 3.05) is 6.61 Å². The Balaban J connectivity index is 1.55. The third-order valence-electron chi connectivity index (χ3n) is 4.85. The fourth-order valence-electron chi connectivity index (χ4n) is 3.46. The van der Waals surface area contributed by atoms with E-state index < -0.39 is 36.9 Å². The van der Waals surface area contributed by atoms with Crippen LogP contribution in [-0.4, -0.2) is 48.3 Å². The van der Waals surface area contributed by atoms with Crippen molar-refractivity contribution in [3.8, 4) is 5.75 Å². The standard InChI is InChI=1S/C20H23NO7/c1-11-6-3-4-7-13(11)26-20-16(21-12(2)22)17(23)18-15(27-20)10-25-19(28-18)14-8-5-9-24-14/h3-9,15-20,23H,10H2,1-2H3,(H,21,22)/t15-,16+,17-,18-,19-,20-/m0/s1. The van der Waals surface area contributed by atoms with Gasteiger partial charge >= 0.3 is 0 Å². The molecule has 28 heavy (non-hydrogen) atoms. The molecule has 2 aliphatic rings. The molecule has 6 atom stereocenters. The molecule has 4 rings (SSSR count). The molecule has 150 valence electrons. The first-order valence-electron chi connectivity index (χ1n) is 9.16. The number of benzene rings is 1. The minimum Gasteiger partial charge on any atom is -0.464 e. The summed E-state index contributed by atoms with van der Waals surface area (Å²) in [5, 5.41) is 13.7. The Labute approximate surface area is 162 Å². The van der Waals surface area contributed by atoms with Crippen molar-refractivity contribution in [1.82, 2.24) is 5.32 Å². The van der Waals surface area contributed by atoms with Crippen molar-refractivity contribution in [2.45, 2.75) is 50.8 Å². The topological polar surface area (TPSA) is 99.4 Å². The molecular formula is C20H23NO7. The molecular weight excluding hydrogens is 366 g/mol. The molecule has 0 saturated carbocycles. The molecule has 0 aliphatic carbocycles. The number of aryl methyl sites for hydroxylation is 1. The number of aliphatic hydroxyl groups excluding tert-OH is 1. The molecule has 1 amide bonds. The van der Waals surface area contributed by atoms with Gasteiger partial charge in [0.1, 0.15) is 30.1 Å². The lowest BCUT2D eigenvalue weighted by Crippen LogP contribution is -2.67. The molecule has 1 aromatic carbocycles. The average Bonchev–Trinajstić information content (AvgIpc) is 3.21. The highest BCUT2D eigenvalue weighted by molar-refractivity contribution is 5.73. The summed E-state index contributed by atoms with van der Waals surface area (Å²) in [6.07, 6.45) is -2.45. The first-order valence-corrected chi connectivity index (χ1v) is 9.16. The molecule has 8 heteroatoms. The lowest BCUT2D eigenvalue weighted by atomic mass is 9.96. The van der Waals surface area contributed by atoms with E-state index in [4.69, 9.17) is 23.4 Å². The van der Waals surface area contributed by atoms with E-state index >= 15 is 0 Å². The van der Waals surface area contributed by atoms with Crippen molar-refractivity contribution in [2.24, 2.45) is 0 Å². The van der Waals surface area contributed by atoms with Crippen LogP contribution in [0.1, 0.15) is 24.5 Å². The van der Waals surface area contributed by atoms with Gasteiger partial charge in [-0.15, -0.1) is 0 Å². The van der Waals surface area contributed by atoms with Crippen molar-refractivity contribution >= 4 is 5.91 Å². The largest absolute Gasteiger partial charge is 0.464 e. The van der Waals surface area contributed by atoms with Gasteiger partial charge in [0.15, 0.2) is 5.76 Å². The molecule has 0 spiro atoms.